The monoisotopic (exact) mass is 222 g/mol. The molecule has 1 heterocycles. The van der Waals surface area contributed by atoms with Crippen molar-refractivity contribution in [1.29, 1.82) is 0 Å². The van der Waals surface area contributed by atoms with Gasteiger partial charge in [0, 0.05) is 22.8 Å². The lowest BCUT2D eigenvalue weighted by atomic mass is 10.0. The number of hydrogen-bond donors (Lipinski definition) is 1. The summed E-state index contributed by atoms with van der Waals surface area (Å²) in [5.74, 6) is 0.539. The summed E-state index contributed by atoms with van der Waals surface area (Å²) in [6.45, 7) is 2.32. The van der Waals surface area contributed by atoms with E-state index < -0.39 is 0 Å². The fraction of sp³-hybridized carbons (Fsp3) is 0.750. The SMILES string of the molecule is CC1(c2nc(C3CCCC3N)cs2)CC1. The minimum Gasteiger partial charge on any atom is -0.327 e. The van der Waals surface area contributed by atoms with E-state index in [-0.39, 0.29) is 0 Å². The van der Waals surface area contributed by atoms with E-state index in [1.54, 1.807) is 0 Å². The molecule has 82 valence electrons. The van der Waals surface area contributed by atoms with E-state index in [1.165, 1.54) is 42.8 Å². The number of nitrogens with zero attached hydrogens (tertiary/aromatic N) is 1. The second-order valence-corrected chi connectivity index (χ2v) is 6.20. The summed E-state index contributed by atoms with van der Waals surface area (Å²) >= 11 is 1.84. The largest absolute Gasteiger partial charge is 0.327 e. The van der Waals surface area contributed by atoms with Crippen LogP contribution in [-0.2, 0) is 5.41 Å². The van der Waals surface area contributed by atoms with Crippen LogP contribution < -0.4 is 5.73 Å². The van der Waals surface area contributed by atoms with Crippen LogP contribution in [0.5, 0.6) is 0 Å². The Labute approximate surface area is 94.9 Å². The Kier molecular flexibility index (Phi) is 2.15. The quantitative estimate of drug-likeness (QED) is 0.835. The van der Waals surface area contributed by atoms with Crippen molar-refractivity contribution in [3.63, 3.8) is 0 Å². The molecule has 1 aromatic rings. The van der Waals surface area contributed by atoms with Gasteiger partial charge in [-0.1, -0.05) is 13.3 Å². The maximum atomic E-state index is 6.11. The minimum atomic E-state index is 0.354. The Morgan fingerprint density at radius 1 is 1.47 bits per heavy atom. The number of rotatable bonds is 2. The van der Waals surface area contributed by atoms with E-state index in [2.05, 4.69) is 12.3 Å². The van der Waals surface area contributed by atoms with Gasteiger partial charge in [0.25, 0.3) is 0 Å². The van der Waals surface area contributed by atoms with Crippen LogP contribution >= 0.6 is 11.3 Å². The molecule has 0 amide bonds. The first-order valence-electron chi connectivity index (χ1n) is 5.90. The van der Waals surface area contributed by atoms with Gasteiger partial charge in [0.2, 0.25) is 0 Å². The molecule has 2 nitrogen and oxygen atoms in total. The third-order valence-corrected chi connectivity index (χ3v) is 5.15. The van der Waals surface area contributed by atoms with E-state index in [1.807, 2.05) is 11.3 Å². The number of nitrogens with two attached hydrogens (primary N) is 1. The molecule has 0 aromatic carbocycles. The highest BCUT2D eigenvalue weighted by Gasteiger charge is 2.42. The topological polar surface area (TPSA) is 38.9 Å². The van der Waals surface area contributed by atoms with Crippen molar-refractivity contribution in [3.8, 4) is 0 Å². The summed E-state index contributed by atoms with van der Waals surface area (Å²) in [5, 5.41) is 3.59. The van der Waals surface area contributed by atoms with Crippen LogP contribution in [-0.4, -0.2) is 11.0 Å². The first-order chi connectivity index (χ1) is 7.19. The van der Waals surface area contributed by atoms with Gasteiger partial charge in [-0.3, -0.25) is 0 Å². The molecule has 2 saturated carbocycles. The van der Waals surface area contributed by atoms with E-state index in [0.29, 0.717) is 17.4 Å². The van der Waals surface area contributed by atoms with Crippen LogP contribution in [0.15, 0.2) is 5.38 Å². The molecule has 2 N–H and O–H groups in total. The zero-order valence-electron chi connectivity index (χ0n) is 9.20. The molecular weight excluding hydrogens is 204 g/mol. The standard InChI is InChI=1S/C12H18N2S/c1-12(5-6-12)11-14-10(7-15-11)8-3-2-4-9(8)13/h7-9H,2-6,13H2,1H3. The van der Waals surface area contributed by atoms with Crippen LogP contribution in [0.1, 0.15) is 55.6 Å². The molecule has 0 radical (unpaired) electrons. The van der Waals surface area contributed by atoms with Crippen LogP contribution in [0.3, 0.4) is 0 Å². The predicted molar refractivity (Wildman–Crippen MR) is 63.3 cm³/mol. The summed E-state index contributed by atoms with van der Waals surface area (Å²) < 4.78 is 0. The maximum absolute atomic E-state index is 6.11. The summed E-state index contributed by atoms with van der Waals surface area (Å²) in [6, 6.07) is 0.354. The summed E-state index contributed by atoms with van der Waals surface area (Å²) in [4.78, 5) is 4.81. The van der Waals surface area contributed by atoms with Gasteiger partial charge in [-0.05, 0) is 25.7 Å². The maximum Gasteiger partial charge on any atom is 0.0987 e. The van der Waals surface area contributed by atoms with Gasteiger partial charge in [0.05, 0.1) is 10.7 Å². The van der Waals surface area contributed by atoms with Gasteiger partial charge >= 0.3 is 0 Å². The Hall–Kier alpha value is -0.410. The Morgan fingerprint density at radius 2 is 2.27 bits per heavy atom. The van der Waals surface area contributed by atoms with Crippen molar-refractivity contribution in [1.82, 2.24) is 4.98 Å². The minimum absolute atomic E-state index is 0.354. The third kappa shape index (κ3) is 1.62. The van der Waals surface area contributed by atoms with E-state index in [4.69, 9.17) is 10.7 Å². The number of thiazole rings is 1. The second kappa shape index (κ2) is 3.29. The Bertz CT molecular complexity index is 367. The van der Waals surface area contributed by atoms with Crippen molar-refractivity contribution in [2.75, 3.05) is 0 Å². The van der Waals surface area contributed by atoms with Crippen molar-refractivity contribution < 1.29 is 0 Å². The van der Waals surface area contributed by atoms with Crippen LogP contribution in [0.2, 0.25) is 0 Å². The average molecular weight is 222 g/mol. The van der Waals surface area contributed by atoms with Crippen molar-refractivity contribution in [2.24, 2.45) is 5.73 Å². The van der Waals surface area contributed by atoms with Gasteiger partial charge in [-0.2, -0.15) is 0 Å². The van der Waals surface area contributed by atoms with Gasteiger partial charge in [-0.25, -0.2) is 4.98 Å². The van der Waals surface area contributed by atoms with Crippen LogP contribution in [0.25, 0.3) is 0 Å². The van der Waals surface area contributed by atoms with Crippen LogP contribution in [0.4, 0.5) is 0 Å². The lowest BCUT2D eigenvalue weighted by molar-refractivity contribution is 0.597. The molecule has 0 spiro atoms. The molecule has 3 rings (SSSR count). The molecule has 15 heavy (non-hydrogen) atoms. The van der Waals surface area contributed by atoms with E-state index in [9.17, 15) is 0 Å². The molecule has 2 unspecified atom stereocenters. The summed E-state index contributed by atoms with van der Waals surface area (Å²) in [5.41, 5.74) is 7.80. The van der Waals surface area contributed by atoms with E-state index in [0.717, 1.165) is 0 Å². The van der Waals surface area contributed by atoms with Crippen molar-refractivity contribution in [2.45, 2.75) is 56.4 Å². The Morgan fingerprint density at radius 3 is 2.87 bits per heavy atom. The van der Waals surface area contributed by atoms with E-state index >= 15 is 0 Å². The number of hydrogen-bond acceptors (Lipinski definition) is 3. The first-order valence-corrected chi connectivity index (χ1v) is 6.78. The highest BCUT2D eigenvalue weighted by molar-refractivity contribution is 7.09. The predicted octanol–water partition coefficient (Wildman–Crippen LogP) is 2.79. The lowest BCUT2D eigenvalue weighted by Crippen LogP contribution is -2.23. The van der Waals surface area contributed by atoms with Crippen molar-refractivity contribution in [3.05, 3.63) is 16.1 Å². The lowest BCUT2D eigenvalue weighted by Gasteiger charge is -2.12. The first kappa shape index (κ1) is 9.79. The summed E-state index contributed by atoms with van der Waals surface area (Å²) in [6.07, 6.45) is 6.32. The third-order valence-electron chi connectivity index (χ3n) is 3.99. The second-order valence-electron chi connectivity index (χ2n) is 5.34. The fourth-order valence-corrected chi connectivity index (χ4v) is 3.60. The fourth-order valence-electron chi connectivity index (χ4n) is 2.49. The molecule has 0 bridgehead atoms. The van der Waals surface area contributed by atoms with Gasteiger partial charge in [0.15, 0.2) is 0 Å². The molecular formula is C12H18N2S. The molecule has 0 aliphatic heterocycles. The highest BCUT2D eigenvalue weighted by Crippen LogP contribution is 2.49. The molecule has 2 atom stereocenters. The molecule has 0 saturated heterocycles. The highest BCUT2D eigenvalue weighted by atomic mass is 32.1. The smallest absolute Gasteiger partial charge is 0.0987 e. The molecule has 2 aliphatic carbocycles. The van der Waals surface area contributed by atoms with Gasteiger partial charge in [-0.15, -0.1) is 11.3 Å². The zero-order valence-corrected chi connectivity index (χ0v) is 10.0. The molecule has 2 aliphatic rings. The van der Waals surface area contributed by atoms with Gasteiger partial charge in [0.1, 0.15) is 0 Å². The summed E-state index contributed by atoms with van der Waals surface area (Å²) in [7, 11) is 0. The molecule has 2 fully saturated rings. The van der Waals surface area contributed by atoms with Crippen LogP contribution in [0, 0.1) is 0 Å². The number of aromatic nitrogens is 1. The zero-order chi connectivity index (χ0) is 10.5. The molecule has 1 aromatic heterocycles. The normalized spacial score (nSPS) is 33.2. The van der Waals surface area contributed by atoms with Gasteiger partial charge < -0.3 is 5.73 Å². The average Bonchev–Trinajstić information content (AvgIpc) is 2.70. The molecule has 3 heteroatoms. The Balaban J connectivity index is 1.84. The van der Waals surface area contributed by atoms with Crippen molar-refractivity contribution >= 4 is 11.3 Å².